The summed E-state index contributed by atoms with van der Waals surface area (Å²) >= 11 is 0. The summed E-state index contributed by atoms with van der Waals surface area (Å²) in [7, 11) is 0. The molecule has 0 spiro atoms. The van der Waals surface area contributed by atoms with E-state index < -0.39 is 0 Å². The fraction of sp³-hybridized carbons (Fsp3) is 1.00. The number of rotatable bonds is 6. The zero-order valence-corrected chi connectivity index (χ0v) is 9.71. The maximum Gasteiger partial charge on any atom is 0.0538 e. The van der Waals surface area contributed by atoms with Crippen LogP contribution in [0.4, 0.5) is 0 Å². The summed E-state index contributed by atoms with van der Waals surface area (Å²) in [5, 5.41) is 9.41. The normalized spacial score (nSPS) is 25.5. The Labute approximate surface area is 88.3 Å². The zero-order chi connectivity index (χ0) is 10.4. The van der Waals surface area contributed by atoms with Gasteiger partial charge in [0, 0.05) is 6.54 Å². The maximum atomic E-state index is 9.41. The Kier molecular flexibility index (Phi) is 5.49. The van der Waals surface area contributed by atoms with E-state index in [1.807, 2.05) is 6.92 Å². The molecule has 0 bridgehead atoms. The van der Waals surface area contributed by atoms with Crippen molar-refractivity contribution >= 4 is 0 Å². The predicted molar refractivity (Wildman–Crippen MR) is 60.4 cm³/mol. The third-order valence-corrected chi connectivity index (χ3v) is 3.43. The highest BCUT2D eigenvalue weighted by molar-refractivity contribution is 4.74. The quantitative estimate of drug-likeness (QED) is 0.709. The van der Waals surface area contributed by atoms with Gasteiger partial charge in [0.2, 0.25) is 0 Å². The van der Waals surface area contributed by atoms with Crippen molar-refractivity contribution in [3.05, 3.63) is 0 Å². The van der Waals surface area contributed by atoms with Crippen LogP contribution in [0.15, 0.2) is 0 Å². The van der Waals surface area contributed by atoms with Crippen LogP contribution in [0.5, 0.6) is 0 Å². The van der Waals surface area contributed by atoms with E-state index in [4.69, 9.17) is 0 Å². The molecule has 2 unspecified atom stereocenters. The molecular weight excluding hydrogens is 174 g/mol. The van der Waals surface area contributed by atoms with Gasteiger partial charge in [-0.05, 0) is 44.7 Å². The third-order valence-electron chi connectivity index (χ3n) is 3.43. The zero-order valence-electron chi connectivity index (χ0n) is 9.71. The van der Waals surface area contributed by atoms with Gasteiger partial charge in [-0.15, -0.1) is 0 Å². The van der Waals surface area contributed by atoms with Crippen molar-refractivity contribution in [1.29, 1.82) is 0 Å². The molecule has 0 radical (unpaired) electrons. The fourth-order valence-corrected chi connectivity index (χ4v) is 2.20. The molecule has 0 aromatic heterocycles. The molecule has 0 amide bonds. The minimum atomic E-state index is -0.0698. The highest BCUT2D eigenvalue weighted by atomic mass is 16.3. The van der Waals surface area contributed by atoms with Gasteiger partial charge in [0.25, 0.3) is 0 Å². The lowest BCUT2D eigenvalue weighted by Gasteiger charge is -2.16. The van der Waals surface area contributed by atoms with Gasteiger partial charge in [0.05, 0.1) is 6.10 Å². The molecule has 1 aliphatic rings. The standard InChI is InChI=1S/C12H25NO/c1-3-11-7-9-13(10-11)8-5-6-12(14)4-2/h11-12,14H,3-10H2,1-2H3. The van der Waals surface area contributed by atoms with E-state index in [1.54, 1.807) is 0 Å². The van der Waals surface area contributed by atoms with Crippen LogP contribution >= 0.6 is 0 Å². The summed E-state index contributed by atoms with van der Waals surface area (Å²) in [4.78, 5) is 2.55. The molecule has 2 atom stereocenters. The van der Waals surface area contributed by atoms with E-state index in [2.05, 4.69) is 11.8 Å². The van der Waals surface area contributed by atoms with Crippen molar-refractivity contribution in [2.75, 3.05) is 19.6 Å². The van der Waals surface area contributed by atoms with Crippen molar-refractivity contribution in [3.63, 3.8) is 0 Å². The first-order chi connectivity index (χ1) is 6.76. The Balaban J connectivity index is 2.03. The lowest BCUT2D eigenvalue weighted by molar-refractivity contribution is 0.151. The number of hydrogen-bond acceptors (Lipinski definition) is 2. The van der Waals surface area contributed by atoms with Gasteiger partial charge in [-0.2, -0.15) is 0 Å². The second-order valence-electron chi connectivity index (χ2n) is 4.57. The van der Waals surface area contributed by atoms with E-state index in [9.17, 15) is 5.11 Å². The molecule has 0 aromatic carbocycles. The minimum absolute atomic E-state index is 0.0698. The van der Waals surface area contributed by atoms with E-state index in [1.165, 1.54) is 32.5 Å². The van der Waals surface area contributed by atoms with Crippen molar-refractivity contribution in [2.45, 2.75) is 52.1 Å². The average Bonchev–Trinajstić information content (AvgIpc) is 2.65. The van der Waals surface area contributed by atoms with E-state index in [-0.39, 0.29) is 6.10 Å². The van der Waals surface area contributed by atoms with Crippen molar-refractivity contribution < 1.29 is 5.11 Å². The summed E-state index contributed by atoms with van der Waals surface area (Å²) in [6, 6.07) is 0. The van der Waals surface area contributed by atoms with Crippen LogP contribution in [0.3, 0.4) is 0 Å². The molecule has 84 valence electrons. The number of hydrogen-bond donors (Lipinski definition) is 1. The molecule has 0 aliphatic carbocycles. The van der Waals surface area contributed by atoms with Crippen LogP contribution in [-0.4, -0.2) is 35.7 Å². The van der Waals surface area contributed by atoms with Gasteiger partial charge in [-0.25, -0.2) is 0 Å². The van der Waals surface area contributed by atoms with Crippen LogP contribution in [0.1, 0.15) is 46.0 Å². The molecule has 2 heteroatoms. The second kappa shape index (κ2) is 6.41. The molecule has 1 heterocycles. The van der Waals surface area contributed by atoms with E-state index in [0.29, 0.717) is 0 Å². The monoisotopic (exact) mass is 199 g/mol. The second-order valence-corrected chi connectivity index (χ2v) is 4.57. The van der Waals surface area contributed by atoms with Crippen LogP contribution in [0, 0.1) is 5.92 Å². The summed E-state index contributed by atoms with van der Waals surface area (Å²) in [6.07, 6.45) is 5.67. The smallest absolute Gasteiger partial charge is 0.0538 e. The lowest BCUT2D eigenvalue weighted by Crippen LogP contribution is -2.22. The SMILES string of the molecule is CCC(O)CCCN1CCC(CC)C1. The highest BCUT2D eigenvalue weighted by Gasteiger charge is 2.20. The van der Waals surface area contributed by atoms with Gasteiger partial charge >= 0.3 is 0 Å². The molecule has 14 heavy (non-hydrogen) atoms. The lowest BCUT2D eigenvalue weighted by atomic mass is 10.1. The average molecular weight is 199 g/mol. The molecule has 1 fully saturated rings. The molecule has 1 N–H and O–H groups in total. The van der Waals surface area contributed by atoms with Crippen LogP contribution in [0.2, 0.25) is 0 Å². The first-order valence-corrected chi connectivity index (χ1v) is 6.16. The fourth-order valence-electron chi connectivity index (χ4n) is 2.20. The predicted octanol–water partition coefficient (Wildman–Crippen LogP) is 2.27. The van der Waals surface area contributed by atoms with Gasteiger partial charge in [0.15, 0.2) is 0 Å². The first kappa shape index (κ1) is 12.0. The number of aliphatic hydroxyl groups is 1. The molecular formula is C12H25NO. The molecule has 0 aromatic rings. The Bertz CT molecular complexity index is 149. The number of nitrogens with zero attached hydrogens (tertiary/aromatic N) is 1. The summed E-state index contributed by atoms with van der Waals surface area (Å²) in [5.41, 5.74) is 0. The van der Waals surface area contributed by atoms with E-state index >= 15 is 0 Å². The Hall–Kier alpha value is -0.0800. The van der Waals surface area contributed by atoms with Crippen molar-refractivity contribution in [3.8, 4) is 0 Å². The van der Waals surface area contributed by atoms with E-state index in [0.717, 1.165) is 25.2 Å². The summed E-state index contributed by atoms with van der Waals surface area (Å²) in [6.45, 7) is 8.09. The molecule has 0 saturated carbocycles. The molecule has 1 rings (SSSR count). The topological polar surface area (TPSA) is 23.5 Å². The molecule has 1 aliphatic heterocycles. The van der Waals surface area contributed by atoms with Gasteiger partial charge < -0.3 is 10.0 Å². The van der Waals surface area contributed by atoms with Crippen LogP contribution in [0.25, 0.3) is 0 Å². The van der Waals surface area contributed by atoms with Gasteiger partial charge in [-0.1, -0.05) is 20.3 Å². The Morgan fingerprint density at radius 1 is 1.43 bits per heavy atom. The number of likely N-dealkylation sites (tertiary alicyclic amines) is 1. The molecule has 1 saturated heterocycles. The Morgan fingerprint density at radius 3 is 2.79 bits per heavy atom. The first-order valence-electron chi connectivity index (χ1n) is 6.16. The van der Waals surface area contributed by atoms with Gasteiger partial charge in [0.1, 0.15) is 0 Å². The van der Waals surface area contributed by atoms with Gasteiger partial charge in [-0.3, -0.25) is 0 Å². The maximum absolute atomic E-state index is 9.41. The van der Waals surface area contributed by atoms with Crippen LogP contribution in [-0.2, 0) is 0 Å². The van der Waals surface area contributed by atoms with Crippen molar-refractivity contribution in [1.82, 2.24) is 4.90 Å². The summed E-state index contributed by atoms with van der Waals surface area (Å²) in [5.74, 6) is 0.936. The molecule has 2 nitrogen and oxygen atoms in total. The minimum Gasteiger partial charge on any atom is -0.393 e. The number of aliphatic hydroxyl groups excluding tert-OH is 1. The third kappa shape index (κ3) is 3.97. The Morgan fingerprint density at radius 2 is 2.21 bits per heavy atom. The largest absolute Gasteiger partial charge is 0.393 e. The summed E-state index contributed by atoms with van der Waals surface area (Å²) < 4.78 is 0. The van der Waals surface area contributed by atoms with Crippen LogP contribution < -0.4 is 0 Å². The van der Waals surface area contributed by atoms with Crippen molar-refractivity contribution in [2.24, 2.45) is 5.92 Å². The highest BCUT2D eigenvalue weighted by Crippen LogP contribution is 2.19.